The Kier molecular flexibility index (Phi) is 5.54. The Labute approximate surface area is 174 Å². The topological polar surface area (TPSA) is 64.0 Å². The van der Waals surface area contributed by atoms with Gasteiger partial charge in [0.15, 0.2) is 0 Å². The van der Waals surface area contributed by atoms with Gasteiger partial charge in [-0.25, -0.2) is 4.98 Å². The van der Waals surface area contributed by atoms with Crippen LogP contribution in [-0.2, 0) is 30.5 Å². The summed E-state index contributed by atoms with van der Waals surface area (Å²) in [5, 5.41) is 3.80. The van der Waals surface area contributed by atoms with Gasteiger partial charge in [-0.05, 0) is 62.1 Å². The van der Waals surface area contributed by atoms with E-state index >= 15 is 0 Å². The van der Waals surface area contributed by atoms with E-state index in [0.717, 1.165) is 64.7 Å². The largest absolute Gasteiger partial charge is 0.324 e. The van der Waals surface area contributed by atoms with Gasteiger partial charge in [-0.3, -0.25) is 14.2 Å². The Hall–Kier alpha value is -2.47. The Morgan fingerprint density at radius 1 is 1.21 bits per heavy atom. The van der Waals surface area contributed by atoms with E-state index in [2.05, 4.69) is 24.1 Å². The van der Waals surface area contributed by atoms with Crippen LogP contribution in [-0.4, -0.2) is 15.5 Å². The Bertz CT molecular complexity index is 1110. The summed E-state index contributed by atoms with van der Waals surface area (Å²) >= 11 is 1.63. The molecular formula is C23H27N3O2S. The second-order valence-corrected chi connectivity index (χ2v) is 8.76. The predicted molar refractivity (Wildman–Crippen MR) is 119 cm³/mol. The van der Waals surface area contributed by atoms with Crippen molar-refractivity contribution in [2.45, 2.75) is 65.3 Å². The zero-order valence-electron chi connectivity index (χ0n) is 17.2. The van der Waals surface area contributed by atoms with Crippen LogP contribution in [0.4, 0.5) is 5.69 Å². The van der Waals surface area contributed by atoms with Gasteiger partial charge in [0, 0.05) is 10.6 Å². The summed E-state index contributed by atoms with van der Waals surface area (Å²) in [7, 11) is 0. The molecule has 1 N–H and O–H groups in total. The molecule has 0 aliphatic heterocycles. The normalized spacial score (nSPS) is 14.6. The van der Waals surface area contributed by atoms with Gasteiger partial charge in [0.05, 0.1) is 11.7 Å². The summed E-state index contributed by atoms with van der Waals surface area (Å²) in [5.74, 6) is -0.187. The zero-order valence-corrected chi connectivity index (χ0v) is 18.1. The van der Waals surface area contributed by atoms with E-state index in [0.29, 0.717) is 0 Å². The molecule has 2 aromatic heterocycles. The maximum Gasteiger partial charge on any atom is 0.263 e. The molecule has 0 radical (unpaired) electrons. The number of nitrogens with one attached hydrogen (secondary N) is 1. The summed E-state index contributed by atoms with van der Waals surface area (Å²) in [6.45, 7) is 5.93. The first kappa shape index (κ1) is 19.8. The Morgan fingerprint density at radius 2 is 1.90 bits per heavy atom. The minimum Gasteiger partial charge on any atom is -0.324 e. The SMILES string of the molecule is CCc1cccc(CC)c1NC(=O)[C@H](C)n1cnc2sc3c(c2c1=O)CCCC3. The van der Waals surface area contributed by atoms with Crippen LogP contribution >= 0.6 is 11.3 Å². The molecule has 4 rings (SSSR count). The number of thiophene rings is 1. The number of benzene rings is 1. The number of hydrogen-bond acceptors (Lipinski definition) is 4. The summed E-state index contributed by atoms with van der Waals surface area (Å²) in [6.07, 6.45) is 7.45. The first-order valence-electron chi connectivity index (χ1n) is 10.5. The number of para-hydroxylation sites is 1. The lowest BCUT2D eigenvalue weighted by molar-refractivity contribution is -0.118. The highest BCUT2D eigenvalue weighted by Crippen LogP contribution is 2.33. The van der Waals surface area contributed by atoms with Gasteiger partial charge in [0.2, 0.25) is 5.91 Å². The lowest BCUT2D eigenvalue weighted by Crippen LogP contribution is -2.32. The fourth-order valence-corrected chi connectivity index (χ4v) is 5.41. The van der Waals surface area contributed by atoms with Crippen molar-refractivity contribution in [1.82, 2.24) is 9.55 Å². The third-order valence-corrected chi connectivity index (χ3v) is 7.14. The fraction of sp³-hybridized carbons (Fsp3) is 0.435. The monoisotopic (exact) mass is 409 g/mol. The van der Waals surface area contributed by atoms with Gasteiger partial charge >= 0.3 is 0 Å². The molecule has 0 bridgehead atoms. The van der Waals surface area contributed by atoms with Crippen LogP contribution in [0.3, 0.4) is 0 Å². The third-order valence-electron chi connectivity index (χ3n) is 5.94. The van der Waals surface area contributed by atoms with Gasteiger partial charge in [-0.2, -0.15) is 0 Å². The second-order valence-electron chi connectivity index (χ2n) is 7.67. The van der Waals surface area contributed by atoms with Crippen LogP contribution in [0.2, 0.25) is 0 Å². The van der Waals surface area contributed by atoms with Crippen LogP contribution < -0.4 is 10.9 Å². The average molecular weight is 410 g/mol. The lowest BCUT2D eigenvalue weighted by atomic mass is 9.97. The molecule has 0 saturated heterocycles. The quantitative estimate of drug-likeness (QED) is 0.666. The van der Waals surface area contributed by atoms with Gasteiger partial charge in [-0.1, -0.05) is 32.0 Å². The van der Waals surface area contributed by atoms with Crippen LogP contribution in [0, 0.1) is 0 Å². The highest BCUT2D eigenvalue weighted by Gasteiger charge is 2.24. The minimum absolute atomic E-state index is 0.100. The number of amides is 1. The summed E-state index contributed by atoms with van der Waals surface area (Å²) < 4.78 is 1.49. The molecular weight excluding hydrogens is 382 g/mol. The van der Waals surface area contributed by atoms with E-state index in [4.69, 9.17) is 0 Å². The first-order chi connectivity index (χ1) is 14.0. The lowest BCUT2D eigenvalue weighted by Gasteiger charge is -2.19. The molecule has 1 aliphatic carbocycles. The summed E-state index contributed by atoms with van der Waals surface area (Å²) in [6, 6.07) is 5.47. The van der Waals surface area contributed by atoms with Crippen LogP contribution in [0.15, 0.2) is 29.3 Å². The molecule has 152 valence electrons. The summed E-state index contributed by atoms with van der Waals surface area (Å²) in [5.41, 5.74) is 4.15. The van der Waals surface area contributed by atoms with Crippen molar-refractivity contribution in [3.05, 3.63) is 56.4 Å². The molecule has 1 aliphatic rings. The highest BCUT2D eigenvalue weighted by atomic mass is 32.1. The minimum atomic E-state index is -0.631. The highest BCUT2D eigenvalue weighted by molar-refractivity contribution is 7.18. The van der Waals surface area contributed by atoms with E-state index in [1.807, 2.05) is 18.2 Å². The molecule has 0 spiro atoms. The van der Waals surface area contributed by atoms with Crippen molar-refractivity contribution >= 4 is 33.1 Å². The Morgan fingerprint density at radius 3 is 2.59 bits per heavy atom. The molecule has 2 heterocycles. The molecule has 0 unspecified atom stereocenters. The van der Waals surface area contributed by atoms with Crippen molar-refractivity contribution in [3.8, 4) is 0 Å². The number of rotatable bonds is 5. The fourth-order valence-electron chi connectivity index (χ4n) is 4.19. The van der Waals surface area contributed by atoms with Gasteiger partial charge in [0.1, 0.15) is 10.9 Å². The molecule has 3 aromatic rings. The van der Waals surface area contributed by atoms with E-state index in [9.17, 15) is 9.59 Å². The molecule has 0 saturated carbocycles. The standard InChI is InChI=1S/C23H27N3O2S/c1-4-15-9-8-10-16(5-2)20(15)25-21(27)14(3)26-13-24-22-19(23(26)28)17-11-6-7-12-18(17)29-22/h8-10,13-14H,4-7,11-12H2,1-3H3,(H,25,27)/t14-/m0/s1. The van der Waals surface area contributed by atoms with Gasteiger partial charge in [0.25, 0.3) is 5.56 Å². The third kappa shape index (κ3) is 3.50. The van der Waals surface area contributed by atoms with E-state index in [1.54, 1.807) is 18.3 Å². The van der Waals surface area contributed by atoms with E-state index in [1.165, 1.54) is 22.2 Å². The number of hydrogen-bond donors (Lipinski definition) is 1. The maximum atomic E-state index is 13.3. The maximum absolute atomic E-state index is 13.3. The number of anilines is 1. The predicted octanol–water partition coefficient (Wildman–Crippen LogP) is 4.66. The molecule has 29 heavy (non-hydrogen) atoms. The van der Waals surface area contributed by atoms with Crippen LogP contribution in [0.1, 0.15) is 61.2 Å². The van der Waals surface area contributed by atoms with Crippen LogP contribution in [0.25, 0.3) is 10.2 Å². The summed E-state index contributed by atoms with van der Waals surface area (Å²) in [4.78, 5) is 32.9. The van der Waals surface area contributed by atoms with Crippen molar-refractivity contribution in [1.29, 1.82) is 0 Å². The molecule has 0 fully saturated rings. The second kappa shape index (κ2) is 8.11. The van der Waals surface area contributed by atoms with Crippen molar-refractivity contribution in [2.75, 3.05) is 5.32 Å². The first-order valence-corrected chi connectivity index (χ1v) is 11.3. The van der Waals surface area contributed by atoms with Gasteiger partial charge in [-0.15, -0.1) is 11.3 Å². The molecule has 1 amide bonds. The number of nitrogens with zero attached hydrogens (tertiary/aromatic N) is 2. The molecule has 6 heteroatoms. The van der Waals surface area contributed by atoms with Crippen LogP contribution in [0.5, 0.6) is 0 Å². The number of aromatic nitrogens is 2. The molecule has 1 aromatic carbocycles. The van der Waals surface area contributed by atoms with Gasteiger partial charge < -0.3 is 5.32 Å². The van der Waals surface area contributed by atoms with Crippen molar-refractivity contribution in [3.63, 3.8) is 0 Å². The number of aryl methyl sites for hydroxylation is 4. The average Bonchev–Trinajstić information content (AvgIpc) is 3.13. The zero-order chi connectivity index (χ0) is 20.5. The smallest absolute Gasteiger partial charge is 0.263 e. The van der Waals surface area contributed by atoms with E-state index < -0.39 is 6.04 Å². The number of fused-ring (bicyclic) bond motifs is 3. The Balaban J connectivity index is 1.69. The molecule has 1 atom stereocenters. The number of carbonyl (C=O) groups is 1. The molecule has 5 nitrogen and oxygen atoms in total. The van der Waals surface area contributed by atoms with E-state index in [-0.39, 0.29) is 11.5 Å². The van der Waals surface area contributed by atoms with Crippen molar-refractivity contribution < 1.29 is 4.79 Å². The number of carbonyl (C=O) groups excluding carboxylic acids is 1. The van der Waals surface area contributed by atoms with Crippen molar-refractivity contribution in [2.24, 2.45) is 0 Å².